The van der Waals surface area contributed by atoms with Crippen molar-refractivity contribution >= 4 is 27.5 Å². The Kier molecular flexibility index (Phi) is 7.96. The van der Waals surface area contributed by atoms with E-state index in [-0.39, 0.29) is 23.5 Å². The summed E-state index contributed by atoms with van der Waals surface area (Å²) in [4.78, 5) is 17.1. The molecule has 0 spiro atoms. The van der Waals surface area contributed by atoms with Gasteiger partial charge in [0.1, 0.15) is 5.75 Å². The molecule has 3 rings (SSSR count). The highest BCUT2D eigenvalue weighted by Crippen LogP contribution is 2.23. The van der Waals surface area contributed by atoms with Gasteiger partial charge in [0.15, 0.2) is 9.84 Å². The van der Waals surface area contributed by atoms with Crippen molar-refractivity contribution in [3.05, 3.63) is 65.7 Å². The van der Waals surface area contributed by atoms with Crippen LogP contribution < -0.4 is 9.64 Å². The van der Waals surface area contributed by atoms with E-state index in [9.17, 15) is 13.2 Å². The third-order valence-electron chi connectivity index (χ3n) is 5.88. The molecule has 1 amide bonds. The van der Waals surface area contributed by atoms with Crippen LogP contribution in [0.4, 0.5) is 5.69 Å². The minimum atomic E-state index is -3.10. The lowest BCUT2D eigenvalue weighted by atomic mass is 10.1. The molecule has 172 valence electrons. The topological polar surface area (TPSA) is 66.9 Å². The van der Waals surface area contributed by atoms with Crippen molar-refractivity contribution in [1.29, 1.82) is 0 Å². The number of benzene rings is 2. The molecule has 0 N–H and O–H groups in total. The first-order valence-electron chi connectivity index (χ1n) is 11.0. The Balaban J connectivity index is 1.78. The molecule has 0 saturated carbocycles. The molecule has 1 aliphatic heterocycles. The Labute approximate surface area is 191 Å². The number of ether oxygens (including phenoxy) is 1. The lowest BCUT2D eigenvalue weighted by Crippen LogP contribution is -2.39. The number of amides is 1. The summed E-state index contributed by atoms with van der Waals surface area (Å²) < 4.78 is 29.3. The van der Waals surface area contributed by atoms with Gasteiger partial charge in [0.05, 0.1) is 18.6 Å². The summed E-state index contributed by atoms with van der Waals surface area (Å²) in [6.45, 7) is 6.47. The largest absolute Gasteiger partial charge is 0.497 e. The van der Waals surface area contributed by atoms with Crippen LogP contribution in [0.25, 0.3) is 6.08 Å². The van der Waals surface area contributed by atoms with E-state index in [1.54, 1.807) is 18.1 Å². The van der Waals surface area contributed by atoms with Crippen LogP contribution in [0.15, 0.2) is 54.6 Å². The molecule has 1 fully saturated rings. The number of nitrogens with zero attached hydrogens (tertiary/aromatic N) is 2. The number of anilines is 1. The zero-order valence-electron chi connectivity index (χ0n) is 19.0. The molecule has 0 bridgehead atoms. The number of carbonyl (C=O) groups is 1. The first kappa shape index (κ1) is 23.9. The zero-order chi connectivity index (χ0) is 23.1. The van der Waals surface area contributed by atoms with Gasteiger partial charge in [-0.05, 0) is 61.7 Å². The van der Waals surface area contributed by atoms with Gasteiger partial charge in [0.2, 0.25) is 5.91 Å². The fourth-order valence-corrected chi connectivity index (χ4v) is 5.71. The van der Waals surface area contributed by atoms with E-state index in [0.29, 0.717) is 13.0 Å². The van der Waals surface area contributed by atoms with Crippen LogP contribution in [0, 0.1) is 0 Å². The van der Waals surface area contributed by atoms with Crippen LogP contribution in [0.1, 0.15) is 31.4 Å². The highest BCUT2D eigenvalue weighted by atomic mass is 32.2. The third-order valence-corrected chi connectivity index (χ3v) is 7.63. The first-order chi connectivity index (χ1) is 15.3. The molecular weight excluding hydrogens is 424 g/mol. The average molecular weight is 457 g/mol. The fraction of sp³-hybridized carbons (Fsp3) is 0.400. The van der Waals surface area contributed by atoms with E-state index in [1.165, 1.54) is 6.08 Å². The summed E-state index contributed by atoms with van der Waals surface area (Å²) >= 11 is 0. The van der Waals surface area contributed by atoms with Crippen LogP contribution in [0.3, 0.4) is 0 Å². The summed E-state index contributed by atoms with van der Waals surface area (Å²) in [6, 6.07) is 15.3. The van der Waals surface area contributed by atoms with Crippen molar-refractivity contribution in [3.63, 3.8) is 0 Å². The highest BCUT2D eigenvalue weighted by molar-refractivity contribution is 7.91. The second-order valence-electron chi connectivity index (χ2n) is 7.97. The minimum absolute atomic E-state index is 0.0205. The van der Waals surface area contributed by atoms with Crippen LogP contribution in [-0.2, 0) is 21.2 Å². The average Bonchev–Trinajstić information content (AvgIpc) is 3.17. The van der Waals surface area contributed by atoms with E-state index in [0.717, 1.165) is 35.7 Å². The van der Waals surface area contributed by atoms with Gasteiger partial charge in [0.25, 0.3) is 0 Å². The Morgan fingerprint density at radius 2 is 1.72 bits per heavy atom. The molecular formula is C25H32N2O4S. The van der Waals surface area contributed by atoms with Gasteiger partial charge < -0.3 is 14.5 Å². The maximum atomic E-state index is 13.1. The maximum absolute atomic E-state index is 13.1. The Hall–Kier alpha value is -2.80. The molecule has 2 aromatic rings. The molecule has 1 saturated heterocycles. The van der Waals surface area contributed by atoms with E-state index < -0.39 is 9.84 Å². The Bertz CT molecular complexity index is 1030. The summed E-state index contributed by atoms with van der Waals surface area (Å²) in [5.41, 5.74) is 3.00. The van der Waals surface area contributed by atoms with Gasteiger partial charge in [-0.3, -0.25) is 4.79 Å². The summed E-state index contributed by atoms with van der Waals surface area (Å²) in [5, 5.41) is 0. The second-order valence-corrected chi connectivity index (χ2v) is 10.2. The quantitative estimate of drug-likeness (QED) is 0.538. The first-order valence-corrected chi connectivity index (χ1v) is 12.8. The molecule has 7 heteroatoms. The van der Waals surface area contributed by atoms with Crippen molar-refractivity contribution in [1.82, 2.24) is 4.90 Å². The summed E-state index contributed by atoms with van der Waals surface area (Å²) in [5.74, 6) is 0.715. The Morgan fingerprint density at radius 3 is 2.25 bits per heavy atom. The maximum Gasteiger partial charge on any atom is 0.247 e. The Morgan fingerprint density at radius 1 is 1.06 bits per heavy atom. The number of hydrogen-bond acceptors (Lipinski definition) is 5. The van der Waals surface area contributed by atoms with Gasteiger partial charge in [0, 0.05) is 37.4 Å². The van der Waals surface area contributed by atoms with Crippen molar-refractivity contribution < 1.29 is 17.9 Å². The normalized spacial score (nSPS) is 17.4. The molecule has 0 aromatic heterocycles. The number of hydrogen-bond donors (Lipinski definition) is 0. The van der Waals surface area contributed by atoms with Gasteiger partial charge in [-0.2, -0.15) is 0 Å². The molecule has 32 heavy (non-hydrogen) atoms. The van der Waals surface area contributed by atoms with Crippen molar-refractivity contribution in [2.24, 2.45) is 0 Å². The number of rotatable bonds is 9. The third kappa shape index (κ3) is 6.13. The molecule has 0 aliphatic carbocycles. The standard InChI is InChI=1S/C25H32N2O4S/c1-4-26(5-2)22-11-6-21(7-12-22)18-27(23-16-17-32(29,30)19-23)25(28)15-10-20-8-13-24(31-3)14-9-20/h6-15,23H,4-5,16-19H2,1-3H3/b15-10+/t23-/m1/s1. The SMILES string of the molecule is CCN(CC)c1ccc(CN(C(=O)/C=C/c2ccc(OC)cc2)[C@@H]2CCS(=O)(=O)C2)cc1. The molecule has 1 heterocycles. The summed E-state index contributed by atoms with van der Waals surface area (Å²) in [6.07, 6.45) is 3.75. The predicted molar refractivity (Wildman–Crippen MR) is 130 cm³/mol. The second kappa shape index (κ2) is 10.7. The van der Waals surface area contributed by atoms with E-state index >= 15 is 0 Å². The summed E-state index contributed by atoms with van der Waals surface area (Å²) in [7, 11) is -1.50. The van der Waals surface area contributed by atoms with Crippen molar-refractivity contribution in [3.8, 4) is 5.75 Å². The van der Waals surface area contributed by atoms with Crippen LogP contribution in [0.5, 0.6) is 5.75 Å². The van der Waals surface area contributed by atoms with Crippen molar-refractivity contribution in [2.75, 3.05) is 36.6 Å². The molecule has 0 unspecified atom stereocenters. The van der Waals surface area contributed by atoms with Gasteiger partial charge in [-0.15, -0.1) is 0 Å². The minimum Gasteiger partial charge on any atom is -0.497 e. The lowest BCUT2D eigenvalue weighted by Gasteiger charge is -2.28. The van der Waals surface area contributed by atoms with Crippen LogP contribution in [-0.4, -0.2) is 57.0 Å². The highest BCUT2D eigenvalue weighted by Gasteiger charge is 2.34. The smallest absolute Gasteiger partial charge is 0.247 e. The molecule has 1 atom stereocenters. The van der Waals surface area contributed by atoms with Gasteiger partial charge in [-0.1, -0.05) is 24.3 Å². The van der Waals surface area contributed by atoms with E-state index in [4.69, 9.17) is 4.74 Å². The fourth-order valence-electron chi connectivity index (χ4n) is 3.98. The monoisotopic (exact) mass is 456 g/mol. The predicted octanol–water partition coefficient (Wildman–Crippen LogP) is 3.77. The number of carbonyl (C=O) groups excluding carboxylic acids is 1. The molecule has 0 radical (unpaired) electrons. The lowest BCUT2D eigenvalue weighted by molar-refractivity contribution is -0.128. The van der Waals surface area contributed by atoms with Crippen molar-refractivity contribution in [2.45, 2.75) is 32.9 Å². The number of methoxy groups -OCH3 is 1. The van der Waals surface area contributed by atoms with Gasteiger partial charge >= 0.3 is 0 Å². The van der Waals surface area contributed by atoms with E-state index in [2.05, 4.69) is 30.9 Å². The van der Waals surface area contributed by atoms with Crippen LogP contribution >= 0.6 is 0 Å². The molecule has 6 nitrogen and oxygen atoms in total. The molecule has 1 aliphatic rings. The number of sulfone groups is 1. The zero-order valence-corrected chi connectivity index (χ0v) is 19.8. The molecule has 2 aromatic carbocycles. The van der Waals surface area contributed by atoms with E-state index in [1.807, 2.05) is 36.4 Å². The van der Waals surface area contributed by atoms with Crippen LogP contribution in [0.2, 0.25) is 0 Å². The van der Waals surface area contributed by atoms with Gasteiger partial charge in [-0.25, -0.2) is 8.42 Å².